The van der Waals surface area contributed by atoms with Gasteiger partial charge in [0.2, 0.25) is 0 Å². The number of amides is 2. The smallest absolute Gasteiger partial charge is 0.273 e. The summed E-state index contributed by atoms with van der Waals surface area (Å²) in [4.78, 5) is 36.7. The summed E-state index contributed by atoms with van der Waals surface area (Å²) in [5.41, 5.74) is 0.757. The van der Waals surface area contributed by atoms with Gasteiger partial charge in [-0.2, -0.15) is 0 Å². The number of aromatic nitrogens is 2. The molecule has 0 fully saturated rings. The van der Waals surface area contributed by atoms with E-state index in [1.165, 1.54) is 24.3 Å². The molecule has 3 aromatic rings. The molecule has 1 heterocycles. The molecule has 0 atom stereocenters. The summed E-state index contributed by atoms with van der Waals surface area (Å²) in [5, 5.41) is 8.60. The molecule has 2 amide bonds. The van der Waals surface area contributed by atoms with Crippen LogP contribution in [0.4, 0.5) is 11.5 Å². The molecule has 0 aliphatic rings. The third-order valence-electron chi connectivity index (χ3n) is 3.94. The van der Waals surface area contributed by atoms with Crippen LogP contribution in [0.2, 0.25) is 15.1 Å². The van der Waals surface area contributed by atoms with Crippen molar-refractivity contribution < 1.29 is 9.59 Å². The number of halogens is 3. The lowest BCUT2D eigenvalue weighted by Crippen LogP contribution is -2.15. The number of benzene rings is 2. The van der Waals surface area contributed by atoms with Crippen LogP contribution in [0, 0.1) is 0 Å². The van der Waals surface area contributed by atoms with Crippen LogP contribution >= 0.6 is 34.8 Å². The van der Waals surface area contributed by atoms with E-state index < -0.39 is 11.5 Å². The van der Waals surface area contributed by atoms with E-state index in [1.54, 1.807) is 25.1 Å². The maximum absolute atomic E-state index is 12.6. The maximum Gasteiger partial charge on any atom is 0.273 e. The first-order valence-electron chi connectivity index (χ1n) is 8.51. The lowest BCUT2D eigenvalue weighted by molar-refractivity contribution is -0.112. The summed E-state index contributed by atoms with van der Waals surface area (Å²) < 4.78 is 1.10. The molecule has 2 aromatic carbocycles. The summed E-state index contributed by atoms with van der Waals surface area (Å²) in [6.45, 7) is 5.14. The van der Waals surface area contributed by atoms with E-state index >= 15 is 0 Å². The number of carbonyl (C=O) groups excluding carboxylic acids is 2. The second-order valence-electron chi connectivity index (χ2n) is 6.33. The van der Waals surface area contributed by atoms with Gasteiger partial charge in [0.1, 0.15) is 11.5 Å². The Bertz CT molecular complexity index is 1210. The number of hydrogen-bond acceptors (Lipinski definition) is 3. The molecule has 3 rings (SSSR count). The van der Waals surface area contributed by atoms with Crippen molar-refractivity contribution in [2.45, 2.75) is 6.92 Å². The van der Waals surface area contributed by atoms with E-state index in [9.17, 15) is 14.4 Å². The topological polar surface area (TPSA) is 96.0 Å². The van der Waals surface area contributed by atoms with Gasteiger partial charge in [-0.25, -0.2) is 4.68 Å². The van der Waals surface area contributed by atoms with Gasteiger partial charge in [0.15, 0.2) is 0 Å². The van der Waals surface area contributed by atoms with Crippen molar-refractivity contribution in [3.63, 3.8) is 0 Å². The average Bonchev–Trinajstić information content (AvgIpc) is 3.00. The zero-order chi connectivity index (χ0) is 22.0. The maximum atomic E-state index is 12.6. The van der Waals surface area contributed by atoms with Gasteiger partial charge >= 0.3 is 0 Å². The molecule has 0 unspecified atom stereocenters. The molecule has 0 aliphatic carbocycles. The first kappa shape index (κ1) is 21.7. The first-order chi connectivity index (χ1) is 14.2. The predicted octanol–water partition coefficient (Wildman–Crippen LogP) is 4.89. The van der Waals surface area contributed by atoms with E-state index in [-0.39, 0.29) is 33.0 Å². The van der Waals surface area contributed by atoms with Crippen LogP contribution in [0.25, 0.3) is 5.69 Å². The quantitative estimate of drug-likeness (QED) is 0.468. The van der Waals surface area contributed by atoms with Gasteiger partial charge in [-0.3, -0.25) is 19.5 Å². The van der Waals surface area contributed by atoms with Crippen molar-refractivity contribution in [2.75, 3.05) is 10.6 Å². The van der Waals surface area contributed by atoms with Gasteiger partial charge in [-0.15, -0.1) is 0 Å². The number of nitrogens with one attached hydrogen (secondary N) is 3. The molecule has 0 saturated heterocycles. The largest absolute Gasteiger partial charge is 0.322 e. The summed E-state index contributed by atoms with van der Waals surface area (Å²) in [7, 11) is 0. The number of aromatic amines is 1. The lowest BCUT2D eigenvalue weighted by Gasteiger charge is -2.09. The summed E-state index contributed by atoms with van der Waals surface area (Å²) in [6.07, 6.45) is 0. The van der Waals surface area contributed by atoms with Crippen molar-refractivity contribution in [1.29, 1.82) is 0 Å². The highest BCUT2D eigenvalue weighted by Gasteiger charge is 2.16. The van der Waals surface area contributed by atoms with Gasteiger partial charge < -0.3 is 10.6 Å². The molecule has 3 N–H and O–H groups in total. The molecular formula is C20H15Cl3N4O3. The van der Waals surface area contributed by atoms with Crippen LogP contribution in [0.3, 0.4) is 0 Å². The Kier molecular flexibility index (Phi) is 6.36. The fraction of sp³-hybridized carbons (Fsp3) is 0.0500. The number of hydrogen-bond donors (Lipinski definition) is 3. The van der Waals surface area contributed by atoms with E-state index in [2.05, 4.69) is 22.3 Å². The first-order valence-corrected chi connectivity index (χ1v) is 9.64. The monoisotopic (exact) mass is 464 g/mol. The van der Waals surface area contributed by atoms with E-state index in [0.29, 0.717) is 16.3 Å². The Labute approximate surface area is 186 Å². The number of carbonyl (C=O) groups is 2. The number of anilines is 2. The Morgan fingerprint density at radius 3 is 2.33 bits per heavy atom. The standard InChI is InChI=1S/C20H15Cl3N4O3/c1-10(2)19(29)24-13-5-3-4-11(6-13)20(30)25-16-9-17(28)27(26-16)18-14(22)7-12(21)8-15(18)23/h3-9,26H,1H2,2H3,(H,24,29)(H,25,30). The molecular weight excluding hydrogens is 451 g/mol. The van der Waals surface area contributed by atoms with E-state index in [1.807, 2.05) is 0 Å². The van der Waals surface area contributed by atoms with Crippen molar-refractivity contribution in [1.82, 2.24) is 9.78 Å². The third-order valence-corrected chi connectivity index (χ3v) is 4.74. The molecule has 1 aromatic heterocycles. The molecule has 154 valence electrons. The van der Waals surface area contributed by atoms with Gasteiger partial charge in [-0.1, -0.05) is 47.4 Å². The molecule has 0 spiro atoms. The average molecular weight is 466 g/mol. The van der Waals surface area contributed by atoms with E-state index in [4.69, 9.17) is 34.8 Å². The van der Waals surface area contributed by atoms with Gasteiger partial charge in [0.05, 0.1) is 10.0 Å². The van der Waals surface area contributed by atoms with Crippen molar-refractivity contribution in [2.24, 2.45) is 0 Å². The molecule has 7 nitrogen and oxygen atoms in total. The second kappa shape index (κ2) is 8.79. The number of H-pyrrole nitrogens is 1. The Hall–Kier alpha value is -3.00. The van der Waals surface area contributed by atoms with Crippen LogP contribution in [-0.2, 0) is 4.79 Å². The third kappa shape index (κ3) is 4.76. The minimum absolute atomic E-state index is 0.128. The zero-order valence-electron chi connectivity index (χ0n) is 15.6. The Morgan fingerprint density at radius 2 is 1.70 bits per heavy atom. The highest BCUT2D eigenvalue weighted by Crippen LogP contribution is 2.31. The van der Waals surface area contributed by atoms with Crippen LogP contribution in [0.5, 0.6) is 0 Å². The van der Waals surface area contributed by atoms with Gasteiger partial charge in [0, 0.05) is 27.9 Å². The van der Waals surface area contributed by atoms with Gasteiger partial charge in [-0.05, 0) is 37.3 Å². The van der Waals surface area contributed by atoms with Crippen molar-refractivity contribution in [3.8, 4) is 5.69 Å². The van der Waals surface area contributed by atoms with Crippen LogP contribution in [-0.4, -0.2) is 21.6 Å². The summed E-state index contributed by atoms with van der Waals surface area (Å²) >= 11 is 18.2. The molecule has 0 radical (unpaired) electrons. The van der Waals surface area contributed by atoms with Crippen LogP contribution in [0.15, 0.2) is 59.4 Å². The Morgan fingerprint density at radius 1 is 1.03 bits per heavy atom. The highest BCUT2D eigenvalue weighted by molar-refractivity contribution is 6.40. The summed E-state index contributed by atoms with van der Waals surface area (Å²) in [6, 6.07) is 10.4. The highest BCUT2D eigenvalue weighted by atomic mass is 35.5. The Balaban J connectivity index is 1.84. The van der Waals surface area contributed by atoms with E-state index in [0.717, 1.165) is 4.68 Å². The van der Waals surface area contributed by atoms with Crippen LogP contribution in [0.1, 0.15) is 17.3 Å². The number of rotatable bonds is 5. The summed E-state index contributed by atoms with van der Waals surface area (Å²) in [5.74, 6) is -0.725. The van der Waals surface area contributed by atoms with Gasteiger partial charge in [0.25, 0.3) is 17.4 Å². The zero-order valence-corrected chi connectivity index (χ0v) is 17.8. The minimum atomic E-state index is -0.497. The lowest BCUT2D eigenvalue weighted by atomic mass is 10.2. The number of nitrogens with zero attached hydrogens (tertiary/aromatic N) is 1. The SMILES string of the molecule is C=C(C)C(=O)Nc1cccc(C(=O)Nc2cc(=O)n(-c3c(Cl)cc(Cl)cc3Cl)[nH]2)c1. The fourth-order valence-corrected chi connectivity index (χ4v) is 3.53. The minimum Gasteiger partial charge on any atom is -0.322 e. The normalized spacial score (nSPS) is 10.5. The van der Waals surface area contributed by atoms with Crippen molar-refractivity contribution in [3.05, 3.63) is 85.6 Å². The van der Waals surface area contributed by atoms with Crippen LogP contribution < -0.4 is 16.2 Å². The second-order valence-corrected chi connectivity index (χ2v) is 7.58. The van der Waals surface area contributed by atoms with Crippen molar-refractivity contribution >= 4 is 58.1 Å². The molecule has 0 saturated carbocycles. The molecule has 0 bridgehead atoms. The molecule has 0 aliphatic heterocycles. The molecule has 10 heteroatoms. The molecule has 30 heavy (non-hydrogen) atoms. The fourth-order valence-electron chi connectivity index (χ4n) is 2.54. The predicted molar refractivity (Wildman–Crippen MR) is 119 cm³/mol.